The lowest BCUT2D eigenvalue weighted by Gasteiger charge is -2.34. The maximum Gasteiger partial charge on any atom is 0.320 e. The molecule has 4 rings (SSSR count). The van der Waals surface area contributed by atoms with Crippen molar-refractivity contribution in [2.24, 2.45) is 5.92 Å². The minimum Gasteiger partial charge on any atom is -0.357 e. The number of aromatic nitrogens is 1. The van der Waals surface area contributed by atoms with Gasteiger partial charge in [-0.15, -0.1) is 0 Å². The molecule has 1 N–H and O–H groups in total. The SMILES string of the molecule is O=C(NCc1ccnc(N2CCCC2)c1)[C@@H]1CCCN(C(=O)N2CCCC2)C1. The Morgan fingerprint density at radius 2 is 1.71 bits per heavy atom. The van der Waals surface area contributed by atoms with Gasteiger partial charge in [-0.3, -0.25) is 4.79 Å². The molecule has 0 saturated carbocycles. The Balaban J connectivity index is 1.29. The summed E-state index contributed by atoms with van der Waals surface area (Å²) in [5, 5.41) is 3.08. The van der Waals surface area contributed by atoms with E-state index in [-0.39, 0.29) is 17.9 Å². The summed E-state index contributed by atoms with van der Waals surface area (Å²) in [6.07, 6.45) is 8.20. The van der Waals surface area contributed by atoms with Crippen molar-refractivity contribution in [2.45, 2.75) is 45.1 Å². The largest absolute Gasteiger partial charge is 0.357 e. The standard InChI is InChI=1S/C21H31N5O2/c27-20(18-6-5-13-26(16-18)21(28)25-11-3-4-12-25)23-15-17-7-8-22-19(14-17)24-9-1-2-10-24/h7-8,14,18H,1-6,9-13,15-16H2,(H,23,27)/t18-/m1/s1. The smallest absolute Gasteiger partial charge is 0.320 e. The van der Waals surface area contributed by atoms with E-state index < -0.39 is 0 Å². The van der Waals surface area contributed by atoms with E-state index in [9.17, 15) is 9.59 Å². The molecule has 0 bridgehead atoms. The van der Waals surface area contributed by atoms with Crippen molar-refractivity contribution in [1.82, 2.24) is 20.1 Å². The van der Waals surface area contributed by atoms with Gasteiger partial charge < -0.3 is 20.0 Å². The second kappa shape index (κ2) is 8.80. The number of carbonyl (C=O) groups is 2. The van der Waals surface area contributed by atoms with E-state index in [1.54, 1.807) is 0 Å². The van der Waals surface area contributed by atoms with Crippen LogP contribution in [0.15, 0.2) is 18.3 Å². The number of piperidine rings is 1. The van der Waals surface area contributed by atoms with Gasteiger partial charge in [-0.1, -0.05) is 0 Å². The van der Waals surface area contributed by atoms with Gasteiger partial charge >= 0.3 is 6.03 Å². The summed E-state index contributed by atoms with van der Waals surface area (Å²) in [4.78, 5) is 35.9. The topological polar surface area (TPSA) is 68.8 Å². The molecule has 7 heteroatoms. The summed E-state index contributed by atoms with van der Waals surface area (Å²) >= 11 is 0. The van der Waals surface area contributed by atoms with Crippen molar-refractivity contribution in [3.05, 3.63) is 23.9 Å². The monoisotopic (exact) mass is 385 g/mol. The first-order chi connectivity index (χ1) is 13.7. The molecule has 3 aliphatic heterocycles. The average molecular weight is 386 g/mol. The van der Waals surface area contributed by atoms with Gasteiger partial charge in [0.2, 0.25) is 5.91 Å². The lowest BCUT2D eigenvalue weighted by atomic mass is 9.97. The van der Waals surface area contributed by atoms with Gasteiger partial charge in [-0.25, -0.2) is 9.78 Å². The van der Waals surface area contributed by atoms with E-state index in [0.29, 0.717) is 13.1 Å². The zero-order valence-corrected chi connectivity index (χ0v) is 16.6. The van der Waals surface area contributed by atoms with Crippen molar-refractivity contribution in [1.29, 1.82) is 0 Å². The first-order valence-corrected chi connectivity index (χ1v) is 10.7. The minimum absolute atomic E-state index is 0.0541. The Morgan fingerprint density at radius 3 is 2.50 bits per heavy atom. The highest BCUT2D eigenvalue weighted by atomic mass is 16.2. The molecule has 1 atom stereocenters. The number of likely N-dealkylation sites (tertiary alicyclic amines) is 2. The first-order valence-electron chi connectivity index (χ1n) is 10.7. The highest BCUT2D eigenvalue weighted by Crippen LogP contribution is 2.21. The zero-order chi connectivity index (χ0) is 19.3. The molecule has 4 heterocycles. The van der Waals surface area contributed by atoms with Crippen LogP contribution in [0, 0.1) is 5.92 Å². The van der Waals surface area contributed by atoms with Crippen molar-refractivity contribution in [3.8, 4) is 0 Å². The molecule has 152 valence electrons. The van der Waals surface area contributed by atoms with Gasteiger partial charge in [0.15, 0.2) is 0 Å². The highest BCUT2D eigenvalue weighted by molar-refractivity contribution is 5.81. The lowest BCUT2D eigenvalue weighted by Crippen LogP contribution is -2.49. The Hall–Kier alpha value is -2.31. The molecule has 0 radical (unpaired) electrons. The van der Waals surface area contributed by atoms with Crippen molar-refractivity contribution in [2.75, 3.05) is 44.2 Å². The number of rotatable bonds is 4. The number of pyridine rings is 1. The summed E-state index contributed by atoms with van der Waals surface area (Å²) < 4.78 is 0. The van der Waals surface area contributed by atoms with Crippen LogP contribution in [0.2, 0.25) is 0 Å². The van der Waals surface area contributed by atoms with Gasteiger partial charge in [-0.05, 0) is 56.2 Å². The number of nitrogens with one attached hydrogen (secondary N) is 1. The zero-order valence-electron chi connectivity index (χ0n) is 16.6. The fraction of sp³-hybridized carbons (Fsp3) is 0.667. The Kier molecular flexibility index (Phi) is 5.98. The van der Waals surface area contributed by atoms with Crippen molar-refractivity contribution in [3.63, 3.8) is 0 Å². The Morgan fingerprint density at radius 1 is 1.00 bits per heavy atom. The number of anilines is 1. The van der Waals surface area contributed by atoms with Crippen LogP contribution in [0.4, 0.5) is 10.6 Å². The second-order valence-electron chi connectivity index (χ2n) is 8.20. The molecule has 28 heavy (non-hydrogen) atoms. The Labute approximate surface area is 167 Å². The molecular formula is C21H31N5O2. The van der Waals surface area contributed by atoms with E-state index in [1.807, 2.05) is 22.1 Å². The van der Waals surface area contributed by atoms with Crippen LogP contribution in [-0.2, 0) is 11.3 Å². The predicted molar refractivity (Wildman–Crippen MR) is 108 cm³/mol. The molecule has 1 aromatic rings. The number of urea groups is 1. The summed E-state index contributed by atoms with van der Waals surface area (Å²) in [6.45, 7) is 5.65. The molecule has 1 aromatic heterocycles. The van der Waals surface area contributed by atoms with Gasteiger partial charge in [0.25, 0.3) is 0 Å². The van der Waals surface area contributed by atoms with Crippen molar-refractivity contribution >= 4 is 17.8 Å². The summed E-state index contributed by atoms with van der Waals surface area (Å²) in [6, 6.07) is 4.15. The Bertz CT molecular complexity index is 698. The van der Waals surface area contributed by atoms with E-state index in [1.165, 1.54) is 12.8 Å². The van der Waals surface area contributed by atoms with Gasteiger partial charge in [0.05, 0.1) is 5.92 Å². The first kappa shape index (κ1) is 19.0. The fourth-order valence-electron chi connectivity index (χ4n) is 4.50. The van der Waals surface area contributed by atoms with E-state index in [0.717, 1.165) is 69.8 Å². The number of nitrogens with zero attached hydrogens (tertiary/aromatic N) is 4. The summed E-state index contributed by atoms with van der Waals surface area (Å²) in [5.41, 5.74) is 1.08. The third kappa shape index (κ3) is 4.39. The molecule has 3 fully saturated rings. The van der Waals surface area contributed by atoms with Crippen LogP contribution in [0.1, 0.15) is 44.1 Å². The van der Waals surface area contributed by atoms with Crippen LogP contribution in [0.3, 0.4) is 0 Å². The van der Waals surface area contributed by atoms with E-state index in [4.69, 9.17) is 0 Å². The summed E-state index contributed by atoms with van der Waals surface area (Å²) in [5.74, 6) is 0.947. The van der Waals surface area contributed by atoms with Crippen LogP contribution in [0.5, 0.6) is 0 Å². The average Bonchev–Trinajstić information content (AvgIpc) is 3.46. The number of hydrogen-bond acceptors (Lipinski definition) is 4. The number of carbonyl (C=O) groups excluding carboxylic acids is 2. The quantitative estimate of drug-likeness (QED) is 0.863. The van der Waals surface area contributed by atoms with Gasteiger partial charge in [-0.2, -0.15) is 0 Å². The molecule has 7 nitrogen and oxygen atoms in total. The van der Waals surface area contributed by atoms with E-state index in [2.05, 4.69) is 21.3 Å². The normalized spacial score (nSPS) is 22.6. The highest BCUT2D eigenvalue weighted by Gasteiger charge is 2.31. The molecule has 0 aliphatic carbocycles. The van der Waals surface area contributed by atoms with Crippen LogP contribution < -0.4 is 10.2 Å². The van der Waals surface area contributed by atoms with Crippen LogP contribution in [-0.4, -0.2) is 66.0 Å². The fourth-order valence-corrected chi connectivity index (χ4v) is 4.50. The van der Waals surface area contributed by atoms with Gasteiger partial charge in [0.1, 0.15) is 5.82 Å². The molecule has 3 amide bonds. The molecule has 0 unspecified atom stereocenters. The minimum atomic E-state index is -0.111. The molecule has 0 aromatic carbocycles. The van der Waals surface area contributed by atoms with Gasteiger partial charge in [0, 0.05) is 52.0 Å². The van der Waals surface area contributed by atoms with Crippen LogP contribution >= 0.6 is 0 Å². The third-order valence-corrected chi connectivity index (χ3v) is 6.15. The summed E-state index contributed by atoms with van der Waals surface area (Å²) in [7, 11) is 0. The van der Waals surface area contributed by atoms with Crippen LogP contribution in [0.25, 0.3) is 0 Å². The number of hydrogen-bond donors (Lipinski definition) is 1. The maximum absolute atomic E-state index is 12.7. The molecule has 0 spiro atoms. The third-order valence-electron chi connectivity index (χ3n) is 6.15. The molecule has 3 aliphatic rings. The van der Waals surface area contributed by atoms with E-state index >= 15 is 0 Å². The van der Waals surface area contributed by atoms with Crippen molar-refractivity contribution < 1.29 is 9.59 Å². The predicted octanol–water partition coefficient (Wildman–Crippen LogP) is 2.23. The molecular weight excluding hydrogens is 354 g/mol. The second-order valence-corrected chi connectivity index (χ2v) is 8.20. The molecule has 3 saturated heterocycles. The lowest BCUT2D eigenvalue weighted by molar-refractivity contribution is -0.126. The number of amides is 3. The maximum atomic E-state index is 12.7.